The summed E-state index contributed by atoms with van der Waals surface area (Å²) >= 11 is 1.31. The first kappa shape index (κ1) is 18.2. The molecule has 0 saturated heterocycles. The summed E-state index contributed by atoms with van der Waals surface area (Å²) in [5.41, 5.74) is 1.73. The van der Waals surface area contributed by atoms with Gasteiger partial charge >= 0.3 is 0 Å². The van der Waals surface area contributed by atoms with E-state index in [1.807, 2.05) is 35.8 Å². The van der Waals surface area contributed by atoms with Gasteiger partial charge in [0.1, 0.15) is 5.75 Å². The molecule has 0 fully saturated rings. The lowest BCUT2D eigenvalue weighted by molar-refractivity contribution is 0.0684. The topological polar surface area (TPSA) is 77.3 Å². The van der Waals surface area contributed by atoms with Crippen LogP contribution in [0, 0.1) is 0 Å². The van der Waals surface area contributed by atoms with Gasteiger partial charge in [-0.2, -0.15) is 0 Å². The molecule has 3 aromatic rings. The number of rotatable bonds is 6. The molecule has 1 aliphatic heterocycles. The highest BCUT2D eigenvalue weighted by molar-refractivity contribution is 7.99. The molecule has 8 heteroatoms. The minimum atomic E-state index is -0.277. The normalized spacial score (nSPS) is 13.1. The molecule has 7 nitrogen and oxygen atoms in total. The summed E-state index contributed by atoms with van der Waals surface area (Å²) < 4.78 is 7.37. The Hall–Kier alpha value is -3.13. The van der Waals surface area contributed by atoms with Crippen LogP contribution in [0.5, 0.6) is 5.75 Å². The lowest BCUT2D eigenvalue weighted by Gasteiger charge is -2.14. The highest BCUT2D eigenvalue weighted by Gasteiger charge is 2.35. The summed E-state index contributed by atoms with van der Waals surface area (Å²) in [6.07, 6.45) is 0. The summed E-state index contributed by atoms with van der Waals surface area (Å²) in [7, 11) is 1.61. The van der Waals surface area contributed by atoms with Gasteiger partial charge in [-0.25, -0.2) is 0 Å². The number of imide groups is 1. The number of fused-ring (bicyclic) bond motifs is 1. The van der Waals surface area contributed by atoms with Crippen LogP contribution >= 0.6 is 11.8 Å². The standard InChI is InChI=1S/C20H18N4O3S/c1-3-23-17(15-10-6-7-11-16(15)27-2)21-22-20(23)28-12-24-18(25)13-8-4-5-9-14(13)19(24)26/h4-11H,3,12H2,1-2H3. The number of ether oxygens (including phenoxy) is 1. The van der Waals surface area contributed by atoms with Crippen LogP contribution in [0.25, 0.3) is 11.4 Å². The fourth-order valence-electron chi connectivity index (χ4n) is 3.19. The van der Waals surface area contributed by atoms with Crippen LogP contribution < -0.4 is 4.74 Å². The number of hydrogen-bond acceptors (Lipinski definition) is 6. The lowest BCUT2D eigenvalue weighted by Crippen LogP contribution is -2.29. The summed E-state index contributed by atoms with van der Waals surface area (Å²) in [4.78, 5) is 26.3. The average Bonchev–Trinajstić information content (AvgIpc) is 3.25. The second kappa shape index (κ2) is 7.47. The van der Waals surface area contributed by atoms with Crippen LogP contribution in [0.15, 0.2) is 53.7 Å². The zero-order chi connectivity index (χ0) is 19.7. The average molecular weight is 394 g/mol. The van der Waals surface area contributed by atoms with E-state index in [4.69, 9.17) is 4.74 Å². The first-order chi connectivity index (χ1) is 13.7. The molecular weight excluding hydrogens is 376 g/mol. The van der Waals surface area contributed by atoms with Crippen molar-refractivity contribution < 1.29 is 14.3 Å². The smallest absolute Gasteiger partial charge is 0.262 e. The number of hydrogen-bond donors (Lipinski definition) is 0. The molecule has 0 aliphatic carbocycles. The lowest BCUT2D eigenvalue weighted by atomic mass is 10.1. The van der Waals surface area contributed by atoms with Crippen LogP contribution in [0.2, 0.25) is 0 Å². The fraction of sp³-hybridized carbons (Fsp3) is 0.200. The van der Waals surface area contributed by atoms with Gasteiger partial charge < -0.3 is 9.30 Å². The van der Waals surface area contributed by atoms with E-state index in [9.17, 15) is 9.59 Å². The second-order valence-corrected chi connectivity index (χ2v) is 7.02. The molecule has 0 bridgehead atoms. The molecule has 2 amide bonds. The molecule has 2 aromatic carbocycles. The molecule has 0 atom stereocenters. The van der Waals surface area contributed by atoms with Crippen LogP contribution in [0.3, 0.4) is 0 Å². The number of para-hydroxylation sites is 1. The number of thioether (sulfide) groups is 1. The van der Waals surface area contributed by atoms with Gasteiger partial charge in [0.05, 0.1) is 29.7 Å². The van der Waals surface area contributed by atoms with Gasteiger partial charge in [0.15, 0.2) is 11.0 Å². The van der Waals surface area contributed by atoms with Crippen molar-refractivity contribution in [3.63, 3.8) is 0 Å². The third kappa shape index (κ3) is 2.95. The molecule has 0 radical (unpaired) electrons. The molecule has 0 unspecified atom stereocenters. The molecule has 1 aromatic heterocycles. The molecule has 142 valence electrons. The van der Waals surface area contributed by atoms with E-state index >= 15 is 0 Å². The summed E-state index contributed by atoms with van der Waals surface area (Å²) in [6, 6.07) is 14.5. The Balaban J connectivity index is 1.58. The van der Waals surface area contributed by atoms with E-state index in [0.29, 0.717) is 34.4 Å². The predicted molar refractivity (Wildman–Crippen MR) is 105 cm³/mol. The molecule has 0 spiro atoms. The van der Waals surface area contributed by atoms with Crippen molar-refractivity contribution in [2.75, 3.05) is 13.0 Å². The number of nitrogens with zero attached hydrogens (tertiary/aromatic N) is 4. The highest BCUT2D eigenvalue weighted by Crippen LogP contribution is 2.32. The van der Waals surface area contributed by atoms with E-state index in [-0.39, 0.29) is 17.7 Å². The SMILES string of the molecule is CCn1c(SCN2C(=O)c3ccccc3C2=O)nnc1-c1ccccc1OC. The van der Waals surface area contributed by atoms with Crippen molar-refractivity contribution in [2.45, 2.75) is 18.6 Å². The number of methoxy groups -OCH3 is 1. The van der Waals surface area contributed by atoms with Gasteiger partial charge in [-0.05, 0) is 31.2 Å². The maximum Gasteiger partial charge on any atom is 0.262 e. The number of benzene rings is 2. The van der Waals surface area contributed by atoms with Crippen LogP contribution in [0.4, 0.5) is 0 Å². The van der Waals surface area contributed by atoms with Gasteiger partial charge in [-0.3, -0.25) is 14.5 Å². The molecule has 0 saturated carbocycles. The zero-order valence-electron chi connectivity index (χ0n) is 15.5. The molecule has 4 rings (SSSR count). The molecule has 1 aliphatic rings. The molecule has 0 N–H and O–H groups in total. The van der Waals surface area contributed by atoms with Crippen LogP contribution in [-0.2, 0) is 6.54 Å². The van der Waals surface area contributed by atoms with Crippen molar-refractivity contribution in [1.29, 1.82) is 0 Å². The molecular formula is C20H18N4O3S. The number of amides is 2. The van der Waals surface area contributed by atoms with Gasteiger partial charge in [-0.15, -0.1) is 10.2 Å². The van der Waals surface area contributed by atoms with Gasteiger partial charge in [0.25, 0.3) is 11.8 Å². The third-order valence-corrected chi connectivity index (χ3v) is 5.53. The maximum atomic E-state index is 12.5. The molecule has 2 heterocycles. The minimum absolute atomic E-state index is 0.177. The third-order valence-electron chi connectivity index (χ3n) is 4.58. The Labute approximate surface area is 166 Å². The van der Waals surface area contributed by atoms with Crippen molar-refractivity contribution in [2.24, 2.45) is 0 Å². The van der Waals surface area contributed by atoms with E-state index < -0.39 is 0 Å². The first-order valence-electron chi connectivity index (χ1n) is 8.80. The molecule has 28 heavy (non-hydrogen) atoms. The van der Waals surface area contributed by atoms with Gasteiger partial charge in [0, 0.05) is 6.54 Å². The van der Waals surface area contributed by atoms with Crippen molar-refractivity contribution in [3.8, 4) is 17.1 Å². The Morgan fingerprint density at radius 3 is 2.14 bits per heavy atom. The van der Waals surface area contributed by atoms with Crippen molar-refractivity contribution in [1.82, 2.24) is 19.7 Å². The Bertz CT molecular complexity index is 1030. The second-order valence-electron chi connectivity index (χ2n) is 6.11. The predicted octanol–water partition coefficient (Wildman–Crippen LogP) is 3.32. The number of aromatic nitrogens is 3. The Morgan fingerprint density at radius 2 is 1.54 bits per heavy atom. The van der Waals surface area contributed by atoms with Crippen molar-refractivity contribution >= 4 is 23.6 Å². The highest BCUT2D eigenvalue weighted by atomic mass is 32.2. The van der Waals surface area contributed by atoms with Crippen LogP contribution in [0.1, 0.15) is 27.6 Å². The summed E-state index contributed by atoms with van der Waals surface area (Å²) in [5.74, 6) is 1.02. The quantitative estimate of drug-likeness (QED) is 0.471. The van der Waals surface area contributed by atoms with Crippen molar-refractivity contribution in [3.05, 3.63) is 59.7 Å². The number of carbonyl (C=O) groups is 2. The van der Waals surface area contributed by atoms with E-state index in [1.165, 1.54) is 16.7 Å². The maximum absolute atomic E-state index is 12.5. The number of carbonyl (C=O) groups excluding carboxylic acids is 2. The van der Waals surface area contributed by atoms with Crippen LogP contribution in [-0.4, -0.2) is 44.5 Å². The van der Waals surface area contributed by atoms with Gasteiger partial charge in [0.2, 0.25) is 0 Å². The Morgan fingerprint density at radius 1 is 0.929 bits per heavy atom. The van der Waals surface area contributed by atoms with E-state index in [0.717, 1.165) is 5.56 Å². The fourth-order valence-corrected chi connectivity index (χ4v) is 4.14. The summed E-state index contributed by atoms with van der Waals surface area (Å²) in [6.45, 7) is 2.64. The Kier molecular flexibility index (Phi) is 4.87. The monoisotopic (exact) mass is 394 g/mol. The summed E-state index contributed by atoms with van der Waals surface area (Å²) in [5, 5.41) is 9.22. The minimum Gasteiger partial charge on any atom is -0.496 e. The van der Waals surface area contributed by atoms with E-state index in [1.54, 1.807) is 31.4 Å². The zero-order valence-corrected chi connectivity index (χ0v) is 16.3. The van der Waals surface area contributed by atoms with Gasteiger partial charge in [-0.1, -0.05) is 36.0 Å². The van der Waals surface area contributed by atoms with E-state index in [2.05, 4.69) is 10.2 Å². The largest absolute Gasteiger partial charge is 0.496 e. The first-order valence-corrected chi connectivity index (χ1v) is 9.78.